The third-order valence-corrected chi connectivity index (χ3v) is 3.94. The van der Waals surface area contributed by atoms with Gasteiger partial charge in [0.05, 0.1) is 18.1 Å². The summed E-state index contributed by atoms with van der Waals surface area (Å²) in [6.45, 7) is 0. The number of hydrogen-bond donors (Lipinski definition) is 0. The van der Waals surface area contributed by atoms with Crippen LogP contribution in [0.15, 0.2) is 48.5 Å². The number of rotatable bonds is 4. The summed E-state index contributed by atoms with van der Waals surface area (Å²) in [4.78, 5) is 0. The molecule has 0 aliphatic rings. The SMILES string of the molecule is N#CC[C@@H](c1ccccc1)[C@H](C#N)c1ccc(Cl)cc1Cl. The highest BCUT2D eigenvalue weighted by Crippen LogP contribution is 2.38. The fraction of sp³-hybridized carbons (Fsp3) is 0.176. The second-order valence-corrected chi connectivity index (χ2v) is 5.50. The largest absolute Gasteiger partial charge is 0.198 e. The van der Waals surface area contributed by atoms with Crippen molar-refractivity contribution in [2.45, 2.75) is 18.3 Å². The molecule has 0 saturated heterocycles. The first-order valence-corrected chi connectivity index (χ1v) is 7.19. The van der Waals surface area contributed by atoms with Gasteiger partial charge in [0.25, 0.3) is 0 Å². The molecular formula is C17H12Cl2N2. The lowest BCUT2D eigenvalue weighted by molar-refractivity contribution is 0.641. The minimum Gasteiger partial charge on any atom is -0.198 e. The lowest BCUT2D eigenvalue weighted by Crippen LogP contribution is -2.10. The monoisotopic (exact) mass is 314 g/mol. The Hall–Kier alpha value is -2.00. The van der Waals surface area contributed by atoms with Crippen LogP contribution in [0.4, 0.5) is 0 Å². The molecule has 0 heterocycles. The first kappa shape index (κ1) is 15.4. The zero-order chi connectivity index (χ0) is 15.2. The van der Waals surface area contributed by atoms with E-state index in [2.05, 4.69) is 12.1 Å². The summed E-state index contributed by atoms with van der Waals surface area (Å²) < 4.78 is 0. The number of benzene rings is 2. The van der Waals surface area contributed by atoms with E-state index in [0.717, 1.165) is 5.56 Å². The Labute approximate surface area is 134 Å². The number of nitriles is 2. The smallest absolute Gasteiger partial charge is 0.0805 e. The maximum absolute atomic E-state index is 9.58. The van der Waals surface area contributed by atoms with Gasteiger partial charge in [-0.2, -0.15) is 10.5 Å². The van der Waals surface area contributed by atoms with Crippen LogP contribution < -0.4 is 0 Å². The van der Waals surface area contributed by atoms with E-state index < -0.39 is 5.92 Å². The lowest BCUT2D eigenvalue weighted by atomic mass is 9.80. The normalized spacial score (nSPS) is 13.0. The van der Waals surface area contributed by atoms with Gasteiger partial charge >= 0.3 is 0 Å². The van der Waals surface area contributed by atoms with Crippen LogP contribution in [-0.2, 0) is 0 Å². The van der Waals surface area contributed by atoms with E-state index in [1.165, 1.54) is 0 Å². The van der Waals surface area contributed by atoms with E-state index in [1.807, 2.05) is 30.3 Å². The van der Waals surface area contributed by atoms with Crippen LogP contribution in [-0.4, -0.2) is 0 Å². The molecule has 2 nitrogen and oxygen atoms in total. The number of nitrogens with zero attached hydrogens (tertiary/aromatic N) is 2. The zero-order valence-corrected chi connectivity index (χ0v) is 12.6. The van der Waals surface area contributed by atoms with Crippen LogP contribution in [0.25, 0.3) is 0 Å². The van der Waals surface area contributed by atoms with Crippen LogP contribution in [0.5, 0.6) is 0 Å². The van der Waals surface area contributed by atoms with Crippen LogP contribution in [0, 0.1) is 22.7 Å². The molecular weight excluding hydrogens is 303 g/mol. The fourth-order valence-corrected chi connectivity index (χ4v) is 2.88. The highest BCUT2D eigenvalue weighted by molar-refractivity contribution is 6.35. The summed E-state index contributed by atoms with van der Waals surface area (Å²) in [5.74, 6) is -0.711. The third-order valence-electron chi connectivity index (χ3n) is 3.38. The highest BCUT2D eigenvalue weighted by atomic mass is 35.5. The molecule has 0 unspecified atom stereocenters. The molecule has 104 valence electrons. The maximum Gasteiger partial charge on any atom is 0.0805 e. The van der Waals surface area contributed by atoms with Gasteiger partial charge in [0, 0.05) is 22.4 Å². The summed E-state index contributed by atoms with van der Waals surface area (Å²) in [6.07, 6.45) is 0.251. The molecule has 0 aromatic heterocycles. The predicted molar refractivity (Wildman–Crippen MR) is 84.2 cm³/mol. The van der Waals surface area contributed by atoms with Gasteiger partial charge < -0.3 is 0 Å². The van der Waals surface area contributed by atoms with Crippen LogP contribution >= 0.6 is 23.2 Å². The van der Waals surface area contributed by atoms with Crippen molar-refractivity contribution in [1.29, 1.82) is 10.5 Å². The van der Waals surface area contributed by atoms with Crippen molar-refractivity contribution in [3.05, 3.63) is 69.7 Å². The van der Waals surface area contributed by atoms with Crippen molar-refractivity contribution < 1.29 is 0 Å². The molecule has 21 heavy (non-hydrogen) atoms. The average Bonchev–Trinajstić information content (AvgIpc) is 2.50. The first-order chi connectivity index (χ1) is 10.2. The van der Waals surface area contributed by atoms with E-state index in [1.54, 1.807) is 18.2 Å². The molecule has 2 aromatic rings. The van der Waals surface area contributed by atoms with Crippen molar-refractivity contribution in [2.75, 3.05) is 0 Å². The van der Waals surface area contributed by atoms with Crippen LogP contribution in [0.2, 0.25) is 10.0 Å². The lowest BCUT2D eigenvalue weighted by Gasteiger charge is -2.21. The summed E-state index contributed by atoms with van der Waals surface area (Å²) in [5.41, 5.74) is 1.66. The van der Waals surface area contributed by atoms with Crippen molar-refractivity contribution in [3.8, 4) is 12.1 Å². The topological polar surface area (TPSA) is 47.6 Å². The summed E-state index contributed by atoms with van der Waals surface area (Å²) in [7, 11) is 0. The fourth-order valence-electron chi connectivity index (χ4n) is 2.36. The minimum atomic E-state index is -0.489. The molecule has 0 radical (unpaired) electrons. The standard InChI is InChI=1S/C17H12Cl2N2/c18-13-6-7-15(17(19)10-13)16(11-21)14(8-9-20)12-4-2-1-3-5-12/h1-7,10,14,16H,8H2/t14-,16-/m0/s1. The van der Waals surface area contributed by atoms with Gasteiger partial charge in [0.2, 0.25) is 0 Å². The molecule has 2 aromatic carbocycles. The Bertz CT molecular complexity index is 699. The van der Waals surface area contributed by atoms with Crippen LogP contribution in [0.1, 0.15) is 29.4 Å². The number of hydrogen-bond acceptors (Lipinski definition) is 2. The minimum absolute atomic E-state index is 0.222. The highest BCUT2D eigenvalue weighted by Gasteiger charge is 2.26. The van der Waals surface area contributed by atoms with Gasteiger partial charge in [-0.1, -0.05) is 59.6 Å². The van der Waals surface area contributed by atoms with Gasteiger partial charge in [-0.3, -0.25) is 0 Å². The predicted octanol–water partition coefficient (Wildman–Crippen LogP) is 5.30. The first-order valence-electron chi connectivity index (χ1n) is 6.44. The molecule has 4 heteroatoms. The van der Waals surface area contributed by atoms with E-state index in [-0.39, 0.29) is 12.3 Å². The van der Waals surface area contributed by atoms with E-state index in [9.17, 15) is 5.26 Å². The second-order valence-electron chi connectivity index (χ2n) is 4.65. The molecule has 0 N–H and O–H groups in total. The second kappa shape index (κ2) is 7.14. The Morgan fingerprint density at radius 3 is 2.29 bits per heavy atom. The van der Waals surface area contributed by atoms with Crippen LogP contribution in [0.3, 0.4) is 0 Å². The number of halogens is 2. The van der Waals surface area contributed by atoms with Gasteiger partial charge in [0.1, 0.15) is 0 Å². The summed E-state index contributed by atoms with van der Waals surface area (Å²) in [5, 5.41) is 19.6. The molecule has 0 bridgehead atoms. The molecule has 0 aliphatic carbocycles. The molecule has 2 atom stereocenters. The molecule has 2 rings (SSSR count). The van der Waals surface area contributed by atoms with E-state index in [0.29, 0.717) is 15.6 Å². The molecule has 0 saturated carbocycles. The Morgan fingerprint density at radius 2 is 1.71 bits per heavy atom. The molecule has 0 amide bonds. The van der Waals surface area contributed by atoms with Crippen molar-refractivity contribution in [1.82, 2.24) is 0 Å². The van der Waals surface area contributed by atoms with Gasteiger partial charge in [0.15, 0.2) is 0 Å². The zero-order valence-electron chi connectivity index (χ0n) is 11.1. The van der Waals surface area contributed by atoms with E-state index >= 15 is 0 Å². The van der Waals surface area contributed by atoms with Gasteiger partial charge in [-0.15, -0.1) is 0 Å². The molecule has 0 spiro atoms. The maximum atomic E-state index is 9.58. The molecule has 0 fully saturated rings. The van der Waals surface area contributed by atoms with Crippen molar-refractivity contribution in [2.24, 2.45) is 0 Å². The Morgan fingerprint density at radius 1 is 1.00 bits per heavy atom. The quantitative estimate of drug-likeness (QED) is 0.769. The Balaban J connectivity index is 2.47. The summed E-state index contributed by atoms with van der Waals surface area (Å²) in [6, 6.07) is 19.1. The van der Waals surface area contributed by atoms with E-state index in [4.69, 9.17) is 28.5 Å². The third kappa shape index (κ3) is 3.56. The van der Waals surface area contributed by atoms with Gasteiger partial charge in [-0.05, 0) is 23.3 Å². The van der Waals surface area contributed by atoms with Crippen molar-refractivity contribution in [3.63, 3.8) is 0 Å². The van der Waals surface area contributed by atoms with Gasteiger partial charge in [-0.25, -0.2) is 0 Å². The Kier molecular flexibility index (Phi) is 5.23. The summed E-state index contributed by atoms with van der Waals surface area (Å²) >= 11 is 12.1. The average molecular weight is 315 g/mol. The van der Waals surface area contributed by atoms with Crippen molar-refractivity contribution >= 4 is 23.2 Å². The molecule has 0 aliphatic heterocycles.